The Morgan fingerprint density at radius 2 is 1.73 bits per heavy atom. The van der Waals surface area contributed by atoms with Crippen LogP contribution in [-0.4, -0.2) is 50.3 Å². The van der Waals surface area contributed by atoms with Crippen molar-refractivity contribution in [3.63, 3.8) is 0 Å². The van der Waals surface area contributed by atoms with Crippen molar-refractivity contribution < 1.29 is 26.7 Å². The van der Waals surface area contributed by atoms with Gasteiger partial charge in [0.1, 0.15) is 19.9 Å². The van der Waals surface area contributed by atoms with E-state index in [2.05, 4.69) is 51.6 Å². The molecule has 4 rings (SSSR count). The third kappa shape index (κ3) is 3.56. The fraction of sp³-hybridized carbons (Fsp3) is 0.350. The van der Waals surface area contributed by atoms with Crippen LogP contribution in [0.5, 0.6) is 0 Å². The molecule has 2 aromatic carbocycles. The molecular weight excluding hydrogens is 410 g/mol. The van der Waals surface area contributed by atoms with Crippen molar-refractivity contribution in [2.45, 2.75) is 19.2 Å². The summed E-state index contributed by atoms with van der Waals surface area (Å²) in [5, 5.41) is 12.7. The number of amidine groups is 1. The van der Waals surface area contributed by atoms with Gasteiger partial charge in [0.05, 0.1) is 5.75 Å². The fourth-order valence-corrected chi connectivity index (χ4v) is 4.85. The van der Waals surface area contributed by atoms with Crippen LogP contribution in [0.15, 0.2) is 60.7 Å². The van der Waals surface area contributed by atoms with E-state index in [9.17, 15) is 5.11 Å². The Labute approximate surface area is 169 Å². The molecule has 0 fully saturated rings. The molecule has 2 aliphatic heterocycles. The first kappa shape index (κ1) is 19.4. The van der Waals surface area contributed by atoms with Crippen LogP contribution in [-0.2, 0) is 12.3 Å². The second-order valence-corrected chi connectivity index (χ2v) is 7.58. The molecule has 1 unspecified atom stereocenters. The Balaban J connectivity index is 0.00000196. The molecule has 0 bridgehead atoms. The zero-order chi connectivity index (χ0) is 17.3. The number of nitrogens with zero attached hydrogens (tertiary/aromatic N) is 3. The summed E-state index contributed by atoms with van der Waals surface area (Å²) >= 11 is 1.76. The highest BCUT2D eigenvalue weighted by Gasteiger charge is 2.50. The van der Waals surface area contributed by atoms with E-state index in [0.717, 1.165) is 32.0 Å². The summed E-state index contributed by atoms with van der Waals surface area (Å²) in [6.45, 7) is 5.66. The first-order valence-electron chi connectivity index (χ1n) is 8.77. The van der Waals surface area contributed by atoms with Gasteiger partial charge in [0.15, 0.2) is 0 Å². The summed E-state index contributed by atoms with van der Waals surface area (Å²) in [6.07, 6.45) is 0. The zero-order valence-electron chi connectivity index (χ0n) is 14.9. The minimum Gasteiger partial charge on any atom is -1.00 e. The Kier molecular flexibility index (Phi) is 6.07. The van der Waals surface area contributed by atoms with Crippen LogP contribution in [0.25, 0.3) is 0 Å². The van der Waals surface area contributed by atoms with Crippen molar-refractivity contribution in [2.75, 3.05) is 25.6 Å². The lowest BCUT2D eigenvalue weighted by Gasteiger charge is -2.34. The van der Waals surface area contributed by atoms with Gasteiger partial charge >= 0.3 is 5.17 Å². The molecule has 0 aliphatic carbocycles. The molecule has 1 atom stereocenters. The number of aliphatic hydroxyl groups is 1. The quantitative estimate of drug-likeness (QED) is 0.670. The third-order valence-corrected chi connectivity index (χ3v) is 6.25. The highest BCUT2D eigenvalue weighted by molar-refractivity contribution is 8.13. The molecule has 0 aromatic heterocycles. The number of hydrogen-bond donors (Lipinski definition) is 1. The Hall–Kier alpha value is -1.34. The van der Waals surface area contributed by atoms with E-state index in [1.54, 1.807) is 11.8 Å². The molecule has 0 amide bonds. The highest BCUT2D eigenvalue weighted by Crippen LogP contribution is 2.37. The molecule has 2 heterocycles. The van der Waals surface area contributed by atoms with E-state index < -0.39 is 5.72 Å². The molecular formula is C20H24BrN3OS. The Bertz CT molecular complexity index is 771. The predicted octanol–water partition coefficient (Wildman–Crippen LogP) is -0.296. The number of rotatable bonds is 4. The second-order valence-electron chi connectivity index (χ2n) is 6.64. The predicted molar refractivity (Wildman–Crippen MR) is 102 cm³/mol. The first-order chi connectivity index (χ1) is 12.2. The van der Waals surface area contributed by atoms with E-state index in [-0.39, 0.29) is 17.0 Å². The lowest BCUT2D eigenvalue weighted by Crippen LogP contribution is -3.00. The number of hydrogen-bond acceptors (Lipinski definition) is 4. The number of thioether (sulfide) groups is 1. The molecule has 4 nitrogen and oxygen atoms in total. The van der Waals surface area contributed by atoms with E-state index in [1.165, 1.54) is 10.7 Å². The zero-order valence-corrected chi connectivity index (χ0v) is 17.3. The number of benzene rings is 2. The van der Waals surface area contributed by atoms with Crippen LogP contribution in [0.4, 0.5) is 0 Å². The van der Waals surface area contributed by atoms with Gasteiger partial charge < -0.3 is 22.1 Å². The summed E-state index contributed by atoms with van der Waals surface area (Å²) in [4.78, 5) is 4.75. The van der Waals surface area contributed by atoms with Gasteiger partial charge in [-0.2, -0.15) is 0 Å². The number of halogens is 1. The molecule has 6 heteroatoms. The summed E-state index contributed by atoms with van der Waals surface area (Å²) < 4.78 is 2.17. The maximum atomic E-state index is 11.5. The fourth-order valence-electron chi connectivity index (χ4n) is 3.53. The third-order valence-electron chi connectivity index (χ3n) is 4.96. The minimum atomic E-state index is -0.940. The molecule has 0 radical (unpaired) electrons. The van der Waals surface area contributed by atoms with Crippen LogP contribution in [0.2, 0.25) is 0 Å². The molecule has 0 saturated carbocycles. The van der Waals surface area contributed by atoms with Crippen molar-refractivity contribution >= 4 is 16.9 Å². The van der Waals surface area contributed by atoms with Gasteiger partial charge in [0.2, 0.25) is 5.72 Å². The maximum absolute atomic E-state index is 11.5. The lowest BCUT2D eigenvalue weighted by molar-refractivity contribution is -0.679. The average molecular weight is 434 g/mol. The monoisotopic (exact) mass is 433 g/mol. The van der Waals surface area contributed by atoms with E-state index in [0.29, 0.717) is 5.75 Å². The van der Waals surface area contributed by atoms with Crippen LogP contribution in [0, 0.1) is 0 Å². The molecule has 0 saturated heterocycles. The van der Waals surface area contributed by atoms with Crippen molar-refractivity contribution in [3.8, 4) is 0 Å². The highest BCUT2D eigenvalue weighted by atomic mass is 79.9. The second kappa shape index (κ2) is 8.13. The Morgan fingerprint density at radius 3 is 2.38 bits per heavy atom. The van der Waals surface area contributed by atoms with Gasteiger partial charge in [-0.05, 0) is 17.3 Å². The van der Waals surface area contributed by atoms with Gasteiger partial charge in [-0.15, -0.1) is 0 Å². The van der Waals surface area contributed by atoms with E-state index >= 15 is 0 Å². The lowest BCUT2D eigenvalue weighted by atomic mass is 10.0. The van der Waals surface area contributed by atoms with Crippen LogP contribution in [0.1, 0.15) is 18.1 Å². The van der Waals surface area contributed by atoms with Crippen molar-refractivity contribution in [2.24, 2.45) is 0 Å². The first-order valence-corrected chi connectivity index (χ1v) is 9.76. The largest absolute Gasteiger partial charge is 1.00 e. The van der Waals surface area contributed by atoms with Crippen molar-refractivity contribution in [1.29, 1.82) is 0 Å². The Morgan fingerprint density at radius 1 is 1.08 bits per heavy atom. The maximum Gasteiger partial charge on any atom is 0.313 e. The van der Waals surface area contributed by atoms with Gasteiger partial charge in [-0.3, -0.25) is 0 Å². The summed E-state index contributed by atoms with van der Waals surface area (Å²) in [5.41, 5.74) is 1.32. The van der Waals surface area contributed by atoms with Crippen LogP contribution < -0.4 is 17.0 Å². The minimum absolute atomic E-state index is 0. The van der Waals surface area contributed by atoms with E-state index in [1.807, 2.05) is 30.3 Å². The van der Waals surface area contributed by atoms with Gasteiger partial charge in [-0.1, -0.05) is 67.6 Å². The standard InChI is InChI=1S/C20H24N3OS.BrH/c1-2-21-15-22(13-17-9-5-3-6-10-17)19-23(16-21)20(24,14-25-19)18-11-7-4-8-12-18;/h3-12,24H,2,13-16H2,1H3;1H/q+1;/p-1. The van der Waals surface area contributed by atoms with Gasteiger partial charge in [-0.25, -0.2) is 14.4 Å². The smallest absolute Gasteiger partial charge is 0.313 e. The molecule has 2 aromatic rings. The molecule has 26 heavy (non-hydrogen) atoms. The van der Waals surface area contributed by atoms with Crippen LogP contribution in [0.3, 0.4) is 0 Å². The summed E-state index contributed by atoms with van der Waals surface area (Å²) in [6, 6.07) is 20.6. The van der Waals surface area contributed by atoms with Crippen molar-refractivity contribution in [1.82, 2.24) is 9.80 Å². The van der Waals surface area contributed by atoms with Crippen molar-refractivity contribution in [3.05, 3.63) is 71.8 Å². The SMILES string of the molecule is CCN1CN(Cc2ccccc2)C2=[N+](C1)C(O)(c1ccccc1)CS2.[Br-]. The normalized spacial score (nSPS) is 22.9. The average Bonchev–Trinajstić information content (AvgIpc) is 3.02. The topological polar surface area (TPSA) is 29.7 Å². The van der Waals surface area contributed by atoms with E-state index in [4.69, 9.17) is 0 Å². The molecule has 138 valence electrons. The summed E-state index contributed by atoms with van der Waals surface area (Å²) in [5.74, 6) is 0.662. The van der Waals surface area contributed by atoms with Gasteiger partial charge in [0, 0.05) is 12.1 Å². The summed E-state index contributed by atoms with van der Waals surface area (Å²) in [7, 11) is 0. The molecule has 0 spiro atoms. The molecule has 1 N–H and O–H groups in total. The van der Waals surface area contributed by atoms with Gasteiger partial charge in [0.25, 0.3) is 0 Å². The molecule has 2 aliphatic rings. The van der Waals surface area contributed by atoms with Crippen LogP contribution >= 0.6 is 11.8 Å².